The van der Waals surface area contributed by atoms with E-state index in [1.54, 1.807) is 0 Å². The molecule has 1 fully saturated rings. The van der Waals surface area contributed by atoms with Gasteiger partial charge in [0.15, 0.2) is 0 Å². The van der Waals surface area contributed by atoms with Crippen molar-refractivity contribution >= 4 is 5.91 Å². The van der Waals surface area contributed by atoms with Crippen LogP contribution in [0.1, 0.15) is 18.0 Å². The number of amides is 1. The number of rotatable bonds is 2. The molecule has 3 N–H and O–H groups in total. The zero-order chi connectivity index (χ0) is 12.6. The van der Waals surface area contributed by atoms with E-state index in [1.165, 1.54) is 0 Å². The van der Waals surface area contributed by atoms with E-state index >= 15 is 0 Å². The van der Waals surface area contributed by atoms with Crippen LogP contribution in [0.4, 0.5) is 0 Å². The molecule has 0 aromatic heterocycles. The molecule has 2 unspecified atom stereocenters. The zero-order valence-electron chi connectivity index (χ0n) is 10.0. The van der Waals surface area contributed by atoms with Gasteiger partial charge in [-0.25, -0.2) is 0 Å². The normalized spacial score (nSPS) is 29.7. The van der Waals surface area contributed by atoms with Gasteiger partial charge >= 0.3 is 0 Å². The molecule has 0 spiro atoms. The number of para-hydroxylation sites is 1. The average molecular weight is 248 g/mol. The summed E-state index contributed by atoms with van der Waals surface area (Å²) in [5, 5.41) is 2.95. The number of hydrogen-bond donors (Lipinski definition) is 2. The molecule has 1 aromatic rings. The summed E-state index contributed by atoms with van der Waals surface area (Å²) in [4.78, 5) is 12.2. The van der Waals surface area contributed by atoms with E-state index in [1.807, 2.05) is 24.3 Å². The van der Waals surface area contributed by atoms with Crippen molar-refractivity contribution < 1.29 is 14.3 Å². The number of nitrogens with two attached hydrogens (primary N) is 1. The Morgan fingerprint density at radius 2 is 2.28 bits per heavy atom. The summed E-state index contributed by atoms with van der Waals surface area (Å²) in [7, 11) is 0. The standard InChI is InChI=1S/C13H16N2O3/c14-13(5-6-17-8-13)12(16)15-10-7-18-11-4-2-1-3-9(10)11/h1-4,10H,5-8,14H2,(H,15,16). The van der Waals surface area contributed by atoms with Crippen molar-refractivity contribution in [2.75, 3.05) is 19.8 Å². The van der Waals surface area contributed by atoms with E-state index in [-0.39, 0.29) is 18.6 Å². The van der Waals surface area contributed by atoms with Gasteiger partial charge in [-0.15, -0.1) is 0 Å². The number of nitrogens with one attached hydrogen (secondary N) is 1. The second kappa shape index (κ2) is 4.26. The topological polar surface area (TPSA) is 73.6 Å². The Hall–Kier alpha value is -1.59. The second-order valence-electron chi connectivity index (χ2n) is 4.83. The molecule has 1 amide bonds. The molecule has 0 aliphatic carbocycles. The lowest BCUT2D eigenvalue weighted by Crippen LogP contribution is -2.55. The van der Waals surface area contributed by atoms with Crippen LogP contribution in [0.25, 0.3) is 0 Å². The van der Waals surface area contributed by atoms with Crippen LogP contribution in [0.3, 0.4) is 0 Å². The quantitative estimate of drug-likeness (QED) is 0.792. The molecule has 2 aliphatic heterocycles. The minimum atomic E-state index is -0.891. The third-order valence-corrected chi connectivity index (χ3v) is 3.51. The highest BCUT2D eigenvalue weighted by Gasteiger charge is 2.40. The zero-order valence-corrected chi connectivity index (χ0v) is 10.0. The minimum Gasteiger partial charge on any atom is -0.491 e. The molecule has 0 saturated carbocycles. The van der Waals surface area contributed by atoms with Gasteiger partial charge < -0.3 is 20.5 Å². The molecule has 3 rings (SSSR count). The fourth-order valence-corrected chi connectivity index (χ4v) is 2.34. The number of carbonyl (C=O) groups is 1. The van der Waals surface area contributed by atoms with Gasteiger partial charge in [0.25, 0.3) is 0 Å². The second-order valence-corrected chi connectivity index (χ2v) is 4.83. The fraction of sp³-hybridized carbons (Fsp3) is 0.462. The van der Waals surface area contributed by atoms with E-state index in [9.17, 15) is 4.79 Å². The first-order valence-electron chi connectivity index (χ1n) is 6.08. The van der Waals surface area contributed by atoms with E-state index in [2.05, 4.69) is 5.32 Å². The maximum atomic E-state index is 12.2. The summed E-state index contributed by atoms with van der Waals surface area (Å²) in [5.41, 5.74) is 6.14. The maximum Gasteiger partial charge on any atom is 0.243 e. The van der Waals surface area contributed by atoms with E-state index < -0.39 is 5.54 Å². The van der Waals surface area contributed by atoms with E-state index in [0.29, 0.717) is 19.6 Å². The molecule has 0 bridgehead atoms. The van der Waals surface area contributed by atoms with Crippen LogP contribution >= 0.6 is 0 Å². The van der Waals surface area contributed by atoms with Gasteiger partial charge in [-0.3, -0.25) is 4.79 Å². The van der Waals surface area contributed by atoms with Gasteiger partial charge in [0.2, 0.25) is 5.91 Å². The number of benzene rings is 1. The summed E-state index contributed by atoms with van der Waals surface area (Å²) in [6, 6.07) is 7.59. The molecule has 0 radical (unpaired) electrons. The average Bonchev–Trinajstić information content (AvgIpc) is 2.98. The number of fused-ring (bicyclic) bond motifs is 1. The van der Waals surface area contributed by atoms with Crippen molar-refractivity contribution in [3.05, 3.63) is 29.8 Å². The lowest BCUT2D eigenvalue weighted by atomic mass is 9.98. The maximum absolute atomic E-state index is 12.2. The molecule has 2 atom stereocenters. The molecule has 5 nitrogen and oxygen atoms in total. The SMILES string of the molecule is NC1(C(=O)NC2COc3ccccc32)CCOC1. The highest BCUT2D eigenvalue weighted by molar-refractivity contribution is 5.87. The van der Waals surface area contributed by atoms with Gasteiger partial charge in [-0.05, 0) is 12.5 Å². The third kappa shape index (κ3) is 1.85. The van der Waals surface area contributed by atoms with Crippen LogP contribution in [0.2, 0.25) is 0 Å². The molecular formula is C13H16N2O3. The Balaban J connectivity index is 1.73. The number of ether oxygens (including phenoxy) is 2. The molecule has 18 heavy (non-hydrogen) atoms. The summed E-state index contributed by atoms with van der Waals surface area (Å²) in [5.74, 6) is 0.668. The van der Waals surface area contributed by atoms with Gasteiger partial charge in [-0.2, -0.15) is 0 Å². The van der Waals surface area contributed by atoms with E-state index in [0.717, 1.165) is 11.3 Å². The van der Waals surface area contributed by atoms with Crippen LogP contribution < -0.4 is 15.8 Å². The Morgan fingerprint density at radius 1 is 1.44 bits per heavy atom. The lowest BCUT2D eigenvalue weighted by molar-refractivity contribution is -0.127. The van der Waals surface area contributed by atoms with Gasteiger partial charge in [0.1, 0.15) is 17.9 Å². The van der Waals surface area contributed by atoms with Gasteiger partial charge in [-0.1, -0.05) is 18.2 Å². The van der Waals surface area contributed by atoms with Crippen LogP contribution in [0.5, 0.6) is 5.75 Å². The molecule has 1 saturated heterocycles. The highest BCUT2D eigenvalue weighted by Crippen LogP contribution is 2.32. The first kappa shape index (κ1) is 11.5. The smallest absolute Gasteiger partial charge is 0.243 e. The molecular weight excluding hydrogens is 232 g/mol. The third-order valence-electron chi connectivity index (χ3n) is 3.51. The predicted octanol–water partition coefficient (Wildman–Crippen LogP) is 0.354. The minimum absolute atomic E-state index is 0.116. The summed E-state index contributed by atoms with van der Waals surface area (Å²) >= 11 is 0. The predicted molar refractivity (Wildman–Crippen MR) is 65.2 cm³/mol. The monoisotopic (exact) mass is 248 g/mol. The number of hydrogen-bond acceptors (Lipinski definition) is 4. The van der Waals surface area contributed by atoms with Crippen LogP contribution in [0, 0.1) is 0 Å². The Bertz CT molecular complexity index is 469. The van der Waals surface area contributed by atoms with Crippen molar-refractivity contribution in [3.63, 3.8) is 0 Å². The molecule has 2 heterocycles. The van der Waals surface area contributed by atoms with Crippen LogP contribution in [0.15, 0.2) is 24.3 Å². The fourth-order valence-electron chi connectivity index (χ4n) is 2.34. The van der Waals surface area contributed by atoms with Crippen molar-refractivity contribution in [3.8, 4) is 5.75 Å². The first-order chi connectivity index (χ1) is 8.69. The Morgan fingerprint density at radius 3 is 3.06 bits per heavy atom. The molecule has 1 aromatic carbocycles. The number of carbonyl (C=O) groups excluding carboxylic acids is 1. The first-order valence-corrected chi connectivity index (χ1v) is 6.08. The van der Waals surface area contributed by atoms with Crippen LogP contribution in [-0.2, 0) is 9.53 Å². The summed E-state index contributed by atoms with van der Waals surface area (Å²) in [6.45, 7) is 1.29. The molecule has 96 valence electrons. The van der Waals surface area contributed by atoms with Gasteiger partial charge in [0, 0.05) is 12.2 Å². The van der Waals surface area contributed by atoms with Crippen molar-refractivity contribution in [2.24, 2.45) is 5.73 Å². The molecule has 2 aliphatic rings. The summed E-state index contributed by atoms with van der Waals surface area (Å²) < 4.78 is 10.7. The lowest BCUT2D eigenvalue weighted by Gasteiger charge is -2.23. The Labute approximate surface area is 105 Å². The summed E-state index contributed by atoms with van der Waals surface area (Å²) in [6.07, 6.45) is 0.564. The molecule has 5 heteroatoms. The highest BCUT2D eigenvalue weighted by atomic mass is 16.5. The Kier molecular flexibility index (Phi) is 2.72. The van der Waals surface area contributed by atoms with Crippen LogP contribution in [-0.4, -0.2) is 31.3 Å². The van der Waals surface area contributed by atoms with E-state index in [4.69, 9.17) is 15.2 Å². The van der Waals surface area contributed by atoms with Gasteiger partial charge in [0.05, 0.1) is 12.6 Å². The van der Waals surface area contributed by atoms with Crippen molar-refractivity contribution in [1.82, 2.24) is 5.32 Å². The van der Waals surface area contributed by atoms with Crippen molar-refractivity contribution in [1.29, 1.82) is 0 Å². The largest absolute Gasteiger partial charge is 0.491 e. The van der Waals surface area contributed by atoms with Crippen molar-refractivity contribution in [2.45, 2.75) is 18.0 Å².